The normalized spacial score (nSPS) is 17.2. The fraction of sp³-hybridized carbons (Fsp3) is 0.312. The van der Waals surface area contributed by atoms with Gasteiger partial charge >= 0.3 is 6.03 Å². The molecule has 23 heavy (non-hydrogen) atoms. The van der Waals surface area contributed by atoms with E-state index in [1.54, 1.807) is 14.1 Å². The molecule has 1 atom stereocenters. The summed E-state index contributed by atoms with van der Waals surface area (Å²) in [5.74, 6) is 0.442. The molecule has 1 unspecified atom stereocenters. The molecule has 1 aliphatic heterocycles. The largest absolute Gasteiger partial charge is 0.359 e. The first-order valence-electron chi connectivity index (χ1n) is 7.32. The van der Waals surface area contributed by atoms with E-state index >= 15 is 0 Å². The van der Waals surface area contributed by atoms with Gasteiger partial charge in [0.05, 0.1) is 13.1 Å². The number of aromatic nitrogens is 1. The van der Waals surface area contributed by atoms with E-state index in [1.165, 1.54) is 9.80 Å². The molecule has 1 fully saturated rings. The van der Waals surface area contributed by atoms with Crippen molar-refractivity contribution < 1.29 is 14.1 Å². The second-order valence-electron chi connectivity index (χ2n) is 5.62. The van der Waals surface area contributed by atoms with Crippen molar-refractivity contribution in [2.75, 3.05) is 20.6 Å². The summed E-state index contributed by atoms with van der Waals surface area (Å²) in [6.45, 7) is 0.669. The molecule has 1 saturated heterocycles. The Morgan fingerprint density at radius 3 is 2.83 bits per heavy atom. The molecular weight excluding hydrogens is 296 g/mol. The summed E-state index contributed by atoms with van der Waals surface area (Å²) in [5.41, 5.74) is 1.69. The van der Waals surface area contributed by atoms with E-state index in [4.69, 9.17) is 4.52 Å². The summed E-state index contributed by atoms with van der Waals surface area (Å²) in [5, 5.41) is 6.68. The zero-order chi connectivity index (χ0) is 16.4. The maximum atomic E-state index is 12.3. The number of carbonyl (C=O) groups excluding carboxylic acids is 2. The number of nitrogens with zero attached hydrogens (tertiary/aromatic N) is 3. The highest BCUT2D eigenvalue weighted by Gasteiger charge is 2.33. The number of nitrogens with one attached hydrogen (secondary N) is 1. The highest BCUT2D eigenvalue weighted by atomic mass is 16.5. The van der Waals surface area contributed by atoms with Crippen molar-refractivity contribution in [3.8, 4) is 11.3 Å². The van der Waals surface area contributed by atoms with Crippen LogP contribution < -0.4 is 5.32 Å². The van der Waals surface area contributed by atoms with Crippen LogP contribution in [0.5, 0.6) is 0 Å². The van der Waals surface area contributed by atoms with Crippen LogP contribution in [-0.4, -0.2) is 53.6 Å². The van der Waals surface area contributed by atoms with Crippen molar-refractivity contribution in [1.82, 2.24) is 20.3 Å². The molecule has 0 aliphatic carbocycles. The topological polar surface area (TPSA) is 78.7 Å². The molecule has 7 nitrogen and oxygen atoms in total. The number of rotatable bonds is 4. The molecular formula is C16H18N4O3. The van der Waals surface area contributed by atoms with E-state index in [1.807, 2.05) is 36.4 Å². The molecule has 1 aliphatic rings. The molecule has 3 amide bonds. The van der Waals surface area contributed by atoms with E-state index in [-0.39, 0.29) is 11.9 Å². The third-order valence-corrected chi connectivity index (χ3v) is 3.80. The van der Waals surface area contributed by atoms with Crippen molar-refractivity contribution in [2.45, 2.75) is 12.6 Å². The number of urea groups is 1. The molecule has 1 N–H and O–H groups in total. The first kappa shape index (κ1) is 15.1. The third-order valence-electron chi connectivity index (χ3n) is 3.80. The smallest absolute Gasteiger partial charge is 0.317 e. The van der Waals surface area contributed by atoms with Crippen LogP contribution in [0.25, 0.3) is 11.3 Å². The van der Waals surface area contributed by atoms with Gasteiger partial charge in [-0.05, 0) is 0 Å². The van der Waals surface area contributed by atoms with Crippen molar-refractivity contribution in [1.29, 1.82) is 0 Å². The number of carbonyl (C=O) groups is 2. The maximum Gasteiger partial charge on any atom is 0.317 e. The van der Waals surface area contributed by atoms with Gasteiger partial charge in [0.2, 0.25) is 5.91 Å². The molecule has 0 radical (unpaired) electrons. The first-order chi connectivity index (χ1) is 11.0. The van der Waals surface area contributed by atoms with E-state index in [2.05, 4.69) is 10.5 Å². The molecule has 1 aromatic carbocycles. The Balaban J connectivity index is 1.64. The second kappa shape index (κ2) is 6.12. The quantitative estimate of drug-likeness (QED) is 0.923. The third kappa shape index (κ3) is 3.18. The van der Waals surface area contributed by atoms with Gasteiger partial charge in [-0.2, -0.15) is 0 Å². The summed E-state index contributed by atoms with van der Waals surface area (Å²) >= 11 is 0. The van der Waals surface area contributed by atoms with E-state index in [0.717, 1.165) is 11.3 Å². The van der Waals surface area contributed by atoms with E-state index in [9.17, 15) is 9.59 Å². The van der Waals surface area contributed by atoms with Crippen LogP contribution in [0.2, 0.25) is 0 Å². The Hall–Kier alpha value is -2.83. The molecule has 2 aromatic rings. The lowest BCUT2D eigenvalue weighted by molar-refractivity contribution is -0.132. The van der Waals surface area contributed by atoms with Gasteiger partial charge < -0.3 is 19.6 Å². The van der Waals surface area contributed by atoms with Crippen molar-refractivity contribution in [3.63, 3.8) is 0 Å². The zero-order valence-electron chi connectivity index (χ0n) is 13.0. The highest BCUT2D eigenvalue weighted by molar-refractivity contribution is 5.90. The summed E-state index contributed by atoms with van der Waals surface area (Å²) in [6, 6.07) is 10.7. The van der Waals surface area contributed by atoms with Gasteiger partial charge in [0, 0.05) is 25.7 Å². The lowest BCUT2D eigenvalue weighted by Crippen LogP contribution is -2.43. The van der Waals surface area contributed by atoms with Crippen LogP contribution >= 0.6 is 0 Å². The molecule has 0 saturated carbocycles. The molecule has 1 aromatic heterocycles. The van der Waals surface area contributed by atoms with Crippen LogP contribution in [0.1, 0.15) is 5.76 Å². The number of amides is 3. The monoisotopic (exact) mass is 314 g/mol. The first-order valence-corrected chi connectivity index (χ1v) is 7.32. The van der Waals surface area contributed by atoms with Crippen LogP contribution in [-0.2, 0) is 11.3 Å². The van der Waals surface area contributed by atoms with Crippen LogP contribution in [0.3, 0.4) is 0 Å². The van der Waals surface area contributed by atoms with Crippen LogP contribution in [0, 0.1) is 0 Å². The molecule has 7 heteroatoms. The zero-order valence-corrected chi connectivity index (χ0v) is 13.0. The number of hydrogen-bond donors (Lipinski definition) is 1. The Morgan fingerprint density at radius 2 is 2.17 bits per heavy atom. The summed E-state index contributed by atoms with van der Waals surface area (Å²) in [7, 11) is 3.34. The average molecular weight is 314 g/mol. The van der Waals surface area contributed by atoms with Gasteiger partial charge in [-0.25, -0.2) is 4.79 Å². The van der Waals surface area contributed by atoms with Gasteiger partial charge in [-0.3, -0.25) is 4.79 Å². The fourth-order valence-electron chi connectivity index (χ4n) is 2.51. The van der Waals surface area contributed by atoms with E-state index < -0.39 is 6.04 Å². The summed E-state index contributed by atoms with van der Waals surface area (Å²) in [6.07, 6.45) is 0. The highest BCUT2D eigenvalue weighted by Crippen LogP contribution is 2.19. The minimum absolute atomic E-state index is 0.152. The number of hydrogen-bond acceptors (Lipinski definition) is 4. The SMILES string of the molecule is CN1CC(C(=O)N(C)Cc2cc(-c3ccccc3)no2)NC1=O. The second-order valence-corrected chi connectivity index (χ2v) is 5.62. The molecule has 0 bridgehead atoms. The number of likely N-dealkylation sites (N-methyl/N-ethyl adjacent to an activating group) is 2. The molecule has 0 spiro atoms. The Morgan fingerprint density at radius 1 is 1.43 bits per heavy atom. The van der Waals surface area contributed by atoms with Crippen molar-refractivity contribution in [3.05, 3.63) is 42.2 Å². The molecule has 2 heterocycles. The Kier molecular flexibility index (Phi) is 4.01. The Labute approximate surface area is 133 Å². The predicted molar refractivity (Wildman–Crippen MR) is 83.4 cm³/mol. The standard InChI is InChI=1S/C16H18N4O3/c1-19(15(21)14-10-20(2)16(22)17-14)9-12-8-13(18-23-12)11-6-4-3-5-7-11/h3-8,14H,9-10H2,1-2H3,(H,17,22). The predicted octanol–water partition coefficient (Wildman–Crippen LogP) is 1.32. The van der Waals surface area contributed by atoms with E-state index in [0.29, 0.717) is 18.8 Å². The molecule has 120 valence electrons. The lowest BCUT2D eigenvalue weighted by Gasteiger charge is -2.19. The van der Waals surface area contributed by atoms with Gasteiger partial charge in [0.25, 0.3) is 0 Å². The van der Waals surface area contributed by atoms with Gasteiger partial charge in [-0.1, -0.05) is 35.5 Å². The number of benzene rings is 1. The van der Waals surface area contributed by atoms with Crippen LogP contribution in [0.15, 0.2) is 40.9 Å². The molecule has 3 rings (SSSR count). The van der Waals surface area contributed by atoms with Gasteiger partial charge in [0.1, 0.15) is 11.7 Å². The van der Waals surface area contributed by atoms with Gasteiger partial charge in [0.15, 0.2) is 5.76 Å². The lowest BCUT2D eigenvalue weighted by atomic mass is 10.1. The Bertz CT molecular complexity index is 713. The minimum atomic E-state index is -0.519. The van der Waals surface area contributed by atoms with Crippen molar-refractivity contribution >= 4 is 11.9 Å². The minimum Gasteiger partial charge on any atom is -0.359 e. The van der Waals surface area contributed by atoms with Crippen molar-refractivity contribution in [2.24, 2.45) is 0 Å². The summed E-state index contributed by atoms with van der Waals surface area (Å²) < 4.78 is 5.30. The maximum absolute atomic E-state index is 12.3. The van der Waals surface area contributed by atoms with Gasteiger partial charge in [-0.15, -0.1) is 0 Å². The fourth-order valence-corrected chi connectivity index (χ4v) is 2.51. The average Bonchev–Trinajstić information content (AvgIpc) is 3.15. The van der Waals surface area contributed by atoms with Crippen LogP contribution in [0.4, 0.5) is 4.79 Å². The summed E-state index contributed by atoms with van der Waals surface area (Å²) in [4.78, 5) is 26.8.